The van der Waals surface area contributed by atoms with Crippen molar-refractivity contribution in [2.24, 2.45) is 4.99 Å². The van der Waals surface area contributed by atoms with E-state index in [9.17, 15) is 27.9 Å². The van der Waals surface area contributed by atoms with Crippen molar-refractivity contribution in [2.45, 2.75) is 38.9 Å². The molecule has 0 fully saturated rings. The number of amides is 1. The summed E-state index contributed by atoms with van der Waals surface area (Å²) in [5.41, 5.74) is 4.14. The Labute approximate surface area is 228 Å². The fourth-order valence-electron chi connectivity index (χ4n) is 3.89. The van der Waals surface area contributed by atoms with Crippen molar-refractivity contribution >= 4 is 29.8 Å². The van der Waals surface area contributed by atoms with Gasteiger partial charge in [0.1, 0.15) is 11.5 Å². The Bertz CT molecular complexity index is 1420. The molecule has 40 heavy (non-hydrogen) atoms. The van der Waals surface area contributed by atoms with Crippen LogP contribution < -0.4 is 0 Å². The SMILES string of the molecule is CCCCC1=N/C(=C/c2ccccc2)C(=O)N1Cc1ccc(-c2ccccc2C(=O)O)cc1.O=C(O)C(F)(F)F. The second-order valence-corrected chi connectivity index (χ2v) is 8.81. The molecule has 0 unspecified atom stereocenters. The van der Waals surface area contributed by atoms with Crippen LogP contribution in [0.15, 0.2) is 89.6 Å². The number of aliphatic carboxylic acids is 1. The highest BCUT2D eigenvalue weighted by Crippen LogP contribution is 2.26. The Morgan fingerprint density at radius 1 is 0.925 bits per heavy atom. The molecule has 0 bridgehead atoms. The number of rotatable bonds is 8. The zero-order chi connectivity index (χ0) is 29.3. The Balaban J connectivity index is 0.000000559. The quantitative estimate of drug-likeness (QED) is 0.304. The van der Waals surface area contributed by atoms with Gasteiger partial charge < -0.3 is 10.2 Å². The summed E-state index contributed by atoms with van der Waals surface area (Å²) in [6.45, 7) is 2.55. The number of nitrogens with zero attached hydrogens (tertiary/aromatic N) is 2. The molecular formula is C30H27F3N2O5. The fraction of sp³-hybridized carbons (Fsp3) is 0.200. The van der Waals surface area contributed by atoms with E-state index >= 15 is 0 Å². The first-order valence-electron chi connectivity index (χ1n) is 12.4. The molecule has 2 N–H and O–H groups in total. The maximum absolute atomic E-state index is 13.2. The number of hydrogen-bond acceptors (Lipinski definition) is 4. The highest BCUT2D eigenvalue weighted by atomic mass is 19.4. The zero-order valence-electron chi connectivity index (χ0n) is 21.6. The summed E-state index contributed by atoms with van der Waals surface area (Å²) in [5.74, 6) is -3.01. The van der Waals surface area contributed by atoms with Crippen LogP contribution in [0.3, 0.4) is 0 Å². The topological polar surface area (TPSA) is 107 Å². The number of unbranched alkanes of at least 4 members (excludes halogenated alkanes) is 1. The van der Waals surface area contributed by atoms with Crippen molar-refractivity contribution in [2.75, 3.05) is 0 Å². The number of carboxylic acids is 2. The van der Waals surface area contributed by atoms with Crippen molar-refractivity contribution in [1.82, 2.24) is 4.90 Å². The van der Waals surface area contributed by atoms with Gasteiger partial charge in [0.15, 0.2) is 0 Å². The molecule has 0 saturated heterocycles. The maximum Gasteiger partial charge on any atom is 0.490 e. The van der Waals surface area contributed by atoms with E-state index in [1.54, 1.807) is 23.1 Å². The van der Waals surface area contributed by atoms with E-state index in [0.717, 1.165) is 41.8 Å². The molecule has 10 heteroatoms. The van der Waals surface area contributed by atoms with Gasteiger partial charge in [0, 0.05) is 6.42 Å². The predicted molar refractivity (Wildman–Crippen MR) is 144 cm³/mol. The molecule has 1 aliphatic rings. The van der Waals surface area contributed by atoms with E-state index in [2.05, 4.69) is 11.9 Å². The number of aromatic carboxylic acids is 1. The maximum atomic E-state index is 13.2. The second kappa shape index (κ2) is 13.4. The molecule has 0 spiro atoms. The Morgan fingerprint density at radius 3 is 2.10 bits per heavy atom. The number of hydrogen-bond donors (Lipinski definition) is 2. The fourth-order valence-corrected chi connectivity index (χ4v) is 3.89. The lowest BCUT2D eigenvalue weighted by Crippen LogP contribution is -2.31. The molecule has 1 aliphatic heterocycles. The molecule has 7 nitrogen and oxygen atoms in total. The van der Waals surface area contributed by atoms with E-state index in [1.165, 1.54) is 0 Å². The highest BCUT2D eigenvalue weighted by Gasteiger charge is 2.38. The van der Waals surface area contributed by atoms with Crippen LogP contribution in [0.2, 0.25) is 0 Å². The number of carboxylic acid groups (broad SMARTS) is 2. The lowest BCUT2D eigenvalue weighted by molar-refractivity contribution is -0.192. The lowest BCUT2D eigenvalue weighted by Gasteiger charge is -2.18. The van der Waals surface area contributed by atoms with E-state index in [-0.39, 0.29) is 11.5 Å². The second-order valence-electron chi connectivity index (χ2n) is 8.81. The number of alkyl halides is 3. The van der Waals surface area contributed by atoms with E-state index in [1.807, 2.05) is 66.7 Å². The lowest BCUT2D eigenvalue weighted by atomic mass is 9.98. The largest absolute Gasteiger partial charge is 0.490 e. The van der Waals surface area contributed by atoms with Crippen LogP contribution in [0.25, 0.3) is 17.2 Å². The first kappa shape index (κ1) is 29.8. The molecule has 0 saturated carbocycles. The molecule has 1 heterocycles. The predicted octanol–water partition coefficient (Wildman–Crippen LogP) is 6.66. The van der Waals surface area contributed by atoms with Crippen molar-refractivity contribution in [3.8, 4) is 11.1 Å². The average Bonchev–Trinajstić information content (AvgIpc) is 3.21. The van der Waals surface area contributed by atoms with Crippen molar-refractivity contribution in [1.29, 1.82) is 0 Å². The van der Waals surface area contributed by atoms with Gasteiger partial charge in [-0.2, -0.15) is 13.2 Å². The van der Waals surface area contributed by atoms with Gasteiger partial charge in [0.2, 0.25) is 0 Å². The van der Waals surface area contributed by atoms with Crippen LogP contribution in [0.4, 0.5) is 13.2 Å². The molecule has 1 amide bonds. The van der Waals surface area contributed by atoms with E-state index in [0.29, 0.717) is 17.8 Å². The van der Waals surface area contributed by atoms with Gasteiger partial charge in [-0.05, 0) is 40.8 Å². The number of aliphatic imine (C=N–C) groups is 1. The van der Waals surface area contributed by atoms with Crippen molar-refractivity contribution in [3.05, 3.63) is 101 Å². The summed E-state index contributed by atoms with van der Waals surface area (Å²) < 4.78 is 31.7. The summed E-state index contributed by atoms with van der Waals surface area (Å²) in [4.78, 5) is 40.0. The third-order valence-electron chi connectivity index (χ3n) is 5.89. The van der Waals surface area contributed by atoms with E-state index < -0.39 is 18.1 Å². The minimum atomic E-state index is -5.08. The van der Waals surface area contributed by atoms with Gasteiger partial charge in [0.25, 0.3) is 5.91 Å². The van der Waals surface area contributed by atoms with Crippen LogP contribution in [-0.4, -0.2) is 45.0 Å². The van der Waals surface area contributed by atoms with Gasteiger partial charge >= 0.3 is 18.1 Å². The standard InChI is InChI=1S/C28H26N2O3.C2HF3O2/c1-2-3-13-26-29-25(18-20-9-5-4-6-10-20)27(31)30(26)19-21-14-16-22(17-15-21)23-11-7-8-12-24(23)28(32)33;3-2(4,5)1(6)7/h4-12,14-18H,2-3,13,19H2,1H3,(H,32,33);(H,6,7)/b25-18+;. The molecule has 0 aromatic heterocycles. The minimum absolute atomic E-state index is 0.0924. The number of benzene rings is 3. The van der Waals surface area contributed by atoms with Gasteiger partial charge in [-0.1, -0.05) is 86.1 Å². The van der Waals surface area contributed by atoms with Crippen LogP contribution in [0.5, 0.6) is 0 Å². The first-order valence-corrected chi connectivity index (χ1v) is 12.4. The minimum Gasteiger partial charge on any atom is -0.478 e. The van der Waals surface area contributed by atoms with Crippen LogP contribution in [0.1, 0.15) is 47.7 Å². The summed E-state index contributed by atoms with van der Waals surface area (Å²) in [7, 11) is 0. The molecular weight excluding hydrogens is 525 g/mol. The Morgan fingerprint density at radius 2 is 1.52 bits per heavy atom. The summed E-state index contributed by atoms with van der Waals surface area (Å²) in [5, 5.41) is 16.6. The normalized spacial score (nSPS) is 14.0. The van der Waals surface area contributed by atoms with Gasteiger partial charge in [-0.3, -0.25) is 9.69 Å². The van der Waals surface area contributed by atoms with Crippen molar-refractivity contribution < 1.29 is 37.8 Å². The molecule has 4 rings (SSSR count). The molecule has 0 radical (unpaired) electrons. The summed E-state index contributed by atoms with van der Waals surface area (Å²) in [6.07, 6.45) is -0.513. The molecule has 208 valence electrons. The molecule has 3 aromatic carbocycles. The number of carbonyl (C=O) groups excluding carboxylic acids is 1. The van der Waals surface area contributed by atoms with Crippen LogP contribution >= 0.6 is 0 Å². The number of amidine groups is 1. The monoisotopic (exact) mass is 552 g/mol. The molecule has 0 atom stereocenters. The summed E-state index contributed by atoms with van der Waals surface area (Å²) in [6, 6.07) is 24.4. The summed E-state index contributed by atoms with van der Waals surface area (Å²) >= 11 is 0. The van der Waals surface area contributed by atoms with Crippen LogP contribution in [-0.2, 0) is 16.1 Å². The number of halogens is 3. The van der Waals surface area contributed by atoms with Gasteiger partial charge in [-0.15, -0.1) is 0 Å². The van der Waals surface area contributed by atoms with Gasteiger partial charge in [0.05, 0.1) is 12.1 Å². The molecule has 3 aromatic rings. The Hall–Kier alpha value is -4.73. The zero-order valence-corrected chi connectivity index (χ0v) is 21.6. The smallest absolute Gasteiger partial charge is 0.478 e. The Kier molecular flexibility index (Phi) is 9.97. The average molecular weight is 553 g/mol. The number of carbonyl (C=O) groups is 3. The third-order valence-corrected chi connectivity index (χ3v) is 5.89. The van der Waals surface area contributed by atoms with Crippen LogP contribution in [0, 0.1) is 0 Å². The highest BCUT2D eigenvalue weighted by molar-refractivity contribution is 6.14. The van der Waals surface area contributed by atoms with E-state index in [4.69, 9.17) is 9.90 Å². The third kappa shape index (κ3) is 7.89. The van der Waals surface area contributed by atoms with Crippen molar-refractivity contribution in [3.63, 3.8) is 0 Å². The van der Waals surface area contributed by atoms with Gasteiger partial charge in [-0.25, -0.2) is 14.6 Å². The molecule has 0 aliphatic carbocycles. The first-order chi connectivity index (χ1) is 19.0.